The van der Waals surface area contributed by atoms with Crippen LogP contribution in [0.15, 0.2) is 0 Å². The number of rotatable bonds is 4. The average molecular weight is 314 g/mol. The first-order valence-corrected chi connectivity index (χ1v) is 9.22. The van der Waals surface area contributed by atoms with Gasteiger partial charge in [-0.3, -0.25) is 9.69 Å². The van der Waals surface area contributed by atoms with Gasteiger partial charge in [0.2, 0.25) is 5.91 Å². The molecular formula is C16H30N2O2S. The third-order valence-electron chi connectivity index (χ3n) is 4.75. The molecule has 0 aromatic carbocycles. The van der Waals surface area contributed by atoms with Crippen LogP contribution in [0.3, 0.4) is 0 Å². The van der Waals surface area contributed by atoms with Crippen LogP contribution in [0.4, 0.5) is 0 Å². The molecule has 0 aromatic heterocycles. The second-order valence-corrected chi connectivity index (χ2v) is 8.68. The lowest BCUT2D eigenvalue weighted by Gasteiger charge is -2.54. The van der Waals surface area contributed by atoms with Gasteiger partial charge in [0.1, 0.15) is 6.61 Å². The van der Waals surface area contributed by atoms with Crippen LogP contribution in [0, 0.1) is 5.41 Å². The normalized spacial score (nSPS) is 24.0. The molecule has 2 rings (SSSR count). The molecule has 21 heavy (non-hydrogen) atoms. The number of nitrogens with zero attached hydrogens (tertiary/aromatic N) is 2. The van der Waals surface area contributed by atoms with E-state index in [1.807, 2.05) is 37.4 Å². The Morgan fingerprint density at radius 2 is 1.86 bits per heavy atom. The first-order valence-electron chi connectivity index (χ1n) is 7.93. The topological polar surface area (TPSA) is 32.8 Å². The molecule has 2 saturated heterocycles. The number of thioether (sulfide) groups is 1. The Morgan fingerprint density at radius 1 is 1.29 bits per heavy atom. The Labute approximate surface area is 133 Å². The molecule has 0 bridgehead atoms. The zero-order valence-electron chi connectivity index (χ0n) is 14.1. The molecule has 4 nitrogen and oxygen atoms in total. The van der Waals surface area contributed by atoms with Crippen LogP contribution in [0.1, 0.15) is 40.5 Å². The first kappa shape index (κ1) is 17.1. The average Bonchev–Trinajstić information content (AvgIpc) is 2.40. The minimum Gasteiger partial charge on any atom is -0.366 e. The van der Waals surface area contributed by atoms with E-state index in [0.29, 0.717) is 10.8 Å². The van der Waals surface area contributed by atoms with Gasteiger partial charge in [-0.15, -0.1) is 11.8 Å². The Bertz CT molecular complexity index is 365. The van der Waals surface area contributed by atoms with Gasteiger partial charge in [0.15, 0.2) is 0 Å². The summed E-state index contributed by atoms with van der Waals surface area (Å²) in [6.07, 6.45) is 4.62. The number of carbonyl (C=O) groups is 1. The summed E-state index contributed by atoms with van der Waals surface area (Å²) in [5.74, 6) is 0.149. The van der Waals surface area contributed by atoms with Crippen molar-refractivity contribution in [1.29, 1.82) is 0 Å². The number of amides is 1. The van der Waals surface area contributed by atoms with Crippen molar-refractivity contribution < 1.29 is 9.53 Å². The molecule has 0 aliphatic carbocycles. The Balaban J connectivity index is 1.73. The second-order valence-electron chi connectivity index (χ2n) is 7.52. The molecule has 0 saturated carbocycles. The minimum absolute atomic E-state index is 0.149. The van der Waals surface area contributed by atoms with Gasteiger partial charge >= 0.3 is 0 Å². The van der Waals surface area contributed by atoms with E-state index in [2.05, 4.69) is 18.1 Å². The number of hydrogen-bond donors (Lipinski definition) is 0. The van der Waals surface area contributed by atoms with Crippen LogP contribution < -0.4 is 0 Å². The molecule has 1 unspecified atom stereocenters. The molecule has 0 radical (unpaired) electrons. The Morgan fingerprint density at radius 3 is 2.33 bits per heavy atom. The fourth-order valence-electron chi connectivity index (χ4n) is 3.14. The standard InChI is InChI=1S/C16H30N2O2S/c1-13(21-5)17-8-6-16(7-9-17)11-18(12-16)14(19)10-20-15(2,3)4/h13H,6-12H2,1-5H3. The molecule has 2 heterocycles. The fraction of sp³-hybridized carbons (Fsp3) is 0.938. The van der Waals surface area contributed by atoms with Gasteiger partial charge in [-0.2, -0.15) is 0 Å². The summed E-state index contributed by atoms with van der Waals surface area (Å²) in [6, 6.07) is 0. The van der Waals surface area contributed by atoms with Crippen LogP contribution in [0.2, 0.25) is 0 Å². The summed E-state index contributed by atoms with van der Waals surface area (Å²) in [7, 11) is 0. The largest absolute Gasteiger partial charge is 0.366 e. The molecule has 0 aromatic rings. The number of hydrogen-bond acceptors (Lipinski definition) is 4. The maximum absolute atomic E-state index is 12.1. The lowest BCUT2D eigenvalue weighted by atomic mass is 9.72. The molecule has 2 aliphatic rings. The third-order valence-corrected chi connectivity index (χ3v) is 5.73. The fourth-order valence-corrected chi connectivity index (χ4v) is 3.65. The molecule has 1 atom stereocenters. The summed E-state index contributed by atoms with van der Waals surface area (Å²) in [5.41, 5.74) is 0.156. The van der Waals surface area contributed by atoms with E-state index in [0.717, 1.165) is 13.1 Å². The van der Waals surface area contributed by atoms with Gasteiger partial charge in [0.25, 0.3) is 0 Å². The van der Waals surface area contributed by atoms with E-state index in [9.17, 15) is 4.79 Å². The van der Waals surface area contributed by atoms with Gasteiger partial charge in [-0.25, -0.2) is 0 Å². The molecule has 1 spiro atoms. The number of carbonyl (C=O) groups excluding carboxylic acids is 1. The highest BCUT2D eigenvalue weighted by atomic mass is 32.2. The van der Waals surface area contributed by atoms with Gasteiger partial charge in [-0.1, -0.05) is 0 Å². The van der Waals surface area contributed by atoms with Crippen molar-refractivity contribution in [2.24, 2.45) is 5.41 Å². The van der Waals surface area contributed by atoms with Crippen molar-refractivity contribution >= 4 is 17.7 Å². The van der Waals surface area contributed by atoms with Gasteiger partial charge in [-0.05, 0) is 59.9 Å². The number of ether oxygens (including phenoxy) is 1. The third kappa shape index (κ3) is 4.36. The number of piperidine rings is 1. The van der Waals surface area contributed by atoms with Crippen molar-refractivity contribution in [2.75, 3.05) is 39.0 Å². The van der Waals surface area contributed by atoms with E-state index in [-0.39, 0.29) is 18.1 Å². The van der Waals surface area contributed by atoms with Crippen LogP contribution in [-0.4, -0.2) is 65.7 Å². The molecule has 2 aliphatic heterocycles. The van der Waals surface area contributed by atoms with E-state index < -0.39 is 0 Å². The van der Waals surface area contributed by atoms with Gasteiger partial charge in [0.05, 0.1) is 11.0 Å². The molecule has 0 N–H and O–H groups in total. The molecule has 122 valence electrons. The highest BCUT2D eigenvalue weighted by Crippen LogP contribution is 2.41. The van der Waals surface area contributed by atoms with Crippen molar-refractivity contribution in [3.05, 3.63) is 0 Å². The van der Waals surface area contributed by atoms with Crippen LogP contribution in [0.25, 0.3) is 0 Å². The van der Waals surface area contributed by atoms with Crippen LogP contribution >= 0.6 is 11.8 Å². The van der Waals surface area contributed by atoms with Gasteiger partial charge < -0.3 is 9.64 Å². The van der Waals surface area contributed by atoms with E-state index in [4.69, 9.17) is 4.74 Å². The zero-order chi connectivity index (χ0) is 15.7. The molecule has 2 fully saturated rings. The van der Waals surface area contributed by atoms with Crippen LogP contribution in [0.5, 0.6) is 0 Å². The Kier molecular flexibility index (Phi) is 5.27. The highest BCUT2D eigenvalue weighted by molar-refractivity contribution is 7.99. The smallest absolute Gasteiger partial charge is 0.248 e. The quantitative estimate of drug-likeness (QED) is 0.798. The molecule has 1 amide bonds. The summed E-state index contributed by atoms with van der Waals surface area (Å²) in [6.45, 7) is 12.7. The summed E-state index contributed by atoms with van der Waals surface area (Å²) < 4.78 is 5.58. The van der Waals surface area contributed by atoms with E-state index in [1.165, 1.54) is 25.9 Å². The maximum atomic E-state index is 12.1. The lowest BCUT2D eigenvalue weighted by molar-refractivity contribution is -0.156. The molecule has 5 heteroatoms. The summed E-state index contributed by atoms with van der Waals surface area (Å²) in [4.78, 5) is 16.6. The number of likely N-dealkylation sites (tertiary alicyclic amines) is 2. The van der Waals surface area contributed by atoms with Crippen molar-refractivity contribution in [2.45, 2.75) is 51.5 Å². The van der Waals surface area contributed by atoms with E-state index >= 15 is 0 Å². The lowest BCUT2D eigenvalue weighted by Crippen LogP contribution is -2.63. The van der Waals surface area contributed by atoms with Crippen molar-refractivity contribution in [3.8, 4) is 0 Å². The van der Waals surface area contributed by atoms with Crippen molar-refractivity contribution in [3.63, 3.8) is 0 Å². The SMILES string of the molecule is CSC(C)N1CCC2(CC1)CN(C(=O)COC(C)(C)C)C2. The van der Waals surface area contributed by atoms with Crippen LogP contribution in [-0.2, 0) is 9.53 Å². The summed E-state index contributed by atoms with van der Waals surface area (Å²) >= 11 is 1.92. The monoisotopic (exact) mass is 314 g/mol. The summed E-state index contributed by atoms with van der Waals surface area (Å²) in [5, 5.41) is 0.611. The Hall–Kier alpha value is -0.260. The predicted octanol–water partition coefficient (Wildman–Crippen LogP) is 2.43. The van der Waals surface area contributed by atoms with Gasteiger partial charge in [0, 0.05) is 18.5 Å². The maximum Gasteiger partial charge on any atom is 0.248 e. The first-order chi connectivity index (χ1) is 9.75. The predicted molar refractivity (Wildman–Crippen MR) is 88.5 cm³/mol. The van der Waals surface area contributed by atoms with E-state index in [1.54, 1.807) is 0 Å². The zero-order valence-corrected chi connectivity index (χ0v) is 15.0. The second kappa shape index (κ2) is 6.47. The minimum atomic E-state index is -0.239. The molecular weight excluding hydrogens is 284 g/mol. The highest BCUT2D eigenvalue weighted by Gasteiger charge is 2.46. The van der Waals surface area contributed by atoms with Crippen molar-refractivity contribution in [1.82, 2.24) is 9.80 Å².